The van der Waals surface area contributed by atoms with E-state index in [0.717, 1.165) is 13.8 Å². The molecule has 0 heterocycles. The van der Waals surface area contributed by atoms with Crippen LogP contribution in [0.4, 0.5) is 26.3 Å². The van der Waals surface area contributed by atoms with Crippen molar-refractivity contribution in [1.29, 1.82) is 0 Å². The van der Waals surface area contributed by atoms with E-state index in [1.54, 1.807) is 0 Å². The van der Waals surface area contributed by atoms with E-state index < -0.39 is 54.7 Å². The topological polar surface area (TPSA) is 46.5 Å². The summed E-state index contributed by atoms with van der Waals surface area (Å²) in [5.74, 6) is -4.64. The van der Waals surface area contributed by atoms with Crippen molar-refractivity contribution in [3.8, 4) is 0 Å². The lowest BCUT2D eigenvalue weighted by Crippen LogP contribution is -2.65. The molecule has 0 aromatic heterocycles. The predicted molar refractivity (Wildman–Crippen MR) is 63.7 cm³/mol. The SMILES string of the molecule is CC(C)C(=O)OC(C1CCC(O)CC1)(C(F)(F)F)C(F)(F)F. The molecule has 3 nitrogen and oxygen atoms in total. The molecule has 0 bridgehead atoms. The maximum atomic E-state index is 13.3. The third kappa shape index (κ3) is 3.49. The molecule has 130 valence electrons. The van der Waals surface area contributed by atoms with Gasteiger partial charge in [0.2, 0.25) is 0 Å². The van der Waals surface area contributed by atoms with Crippen LogP contribution in [0.3, 0.4) is 0 Å². The van der Waals surface area contributed by atoms with Gasteiger partial charge in [0.05, 0.1) is 12.0 Å². The zero-order valence-corrected chi connectivity index (χ0v) is 12.1. The number of hydrogen-bond donors (Lipinski definition) is 1. The summed E-state index contributed by atoms with van der Waals surface area (Å²) in [6.45, 7) is 2.31. The normalized spacial score (nSPS) is 24.5. The summed E-state index contributed by atoms with van der Waals surface area (Å²) in [6, 6.07) is 0. The summed E-state index contributed by atoms with van der Waals surface area (Å²) >= 11 is 0. The van der Waals surface area contributed by atoms with Crippen molar-refractivity contribution >= 4 is 5.97 Å². The van der Waals surface area contributed by atoms with Gasteiger partial charge in [0.15, 0.2) is 0 Å². The van der Waals surface area contributed by atoms with Crippen LogP contribution in [0.5, 0.6) is 0 Å². The van der Waals surface area contributed by atoms with E-state index in [2.05, 4.69) is 4.74 Å². The fourth-order valence-electron chi connectivity index (χ4n) is 2.58. The van der Waals surface area contributed by atoms with E-state index in [4.69, 9.17) is 0 Å². The molecule has 1 saturated carbocycles. The van der Waals surface area contributed by atoms with Gasteiger partial charge in [0, 0.05) is 5.92 Å². The molecule has 0 spiro atoms. The largest absolute Gasteiger partial charge is 0.439 e. The van der Waals surface area contributed by atoms with Crippen molar-refractivity contribution < 1.29 is 41.0 Å². The summed E-state index contributed by atoms with van der Waals surface area (Å²) in [7, 11) is 0. The van der Waals surface area contributed by atoms with E-state index in [0.29, 0.717) is 0 Å². The van der Waals surface area contributed by atoms with Gasteiger partial charge in [-0.15, -0.1) is 0 Å². The summed E-state index contributed by atoms with van der Waals surface area (Å²) in [5.41, 5.74) is -4.53. The van der Waals surface area contributed by atoms with Crippen molar-refractivity contribution in [1.82, 2.24) is 0 Å². The molecule has 0 aromatic rings. The molecule has 1 aliphatic rings. The Morgan fingerprint density at radius 1 is 1.00 bits per heavy atom. The van der Waals surface area contributed by atoms with Gasteiger partial charge in [-0.1, -0.05) is 13.8 Å². The van der Waals surface area contributed by atoms with Crippen molar-refractivity contribution in [2.24, 2.45) is 11.8 Å². The Hall–Kier alpha value is -0.990. The molecule has 1 aliphatic carbocycles. The minimum atomic E-state index is -5.79. The maximum Gasteiger partial charge on any atom is 0.437 e. The van der Waals surface area contributed by atoms with Gasteiger partial charge in [0.25, 0.3) is 0 Å². The molecule has 0 aliphatic heterocycles. The Balaban J connectivity index is 3.30. The molecule has 22 heavy (non-hydrogen) atoms. The van der Waals surface area contributed by atoms with Gasteiger partial charge in [-0.3, -0.25) is 4.79 Å². The van der Waals surface area contributed by atoms with Gasteiger partial charge in [-0.2, -0.15) is 26.3 Å². The highest BCUT2D eigenvalue weighted by atomic mass is 19.4. The number of hydrogen-bond acceptors (Lipinski definition) is 3. The number of esters is 1. The second-order valence-electron chi connectivity index (χ2n) is 5.81. The van der Waals surface area contributed by atoms with Gasteiger partial charge in [0.1, 0.15) is 0 Å². The first-order valence-electron chi connectivity index (χ1n) is 6.87. The standard InChI is InChI=1S/C13H18F6O3/c1-7(2)10(21)22-11(12(14,15)16,13(17,18)19)8-3-5-9(20)6-4-8/h7-9,20H,3-6H2,1-2H3. The Morgan fingerprint density at radius 2 is 1.41 bits per heavy atom. The monoisotopic (exact) mass is 336 g/mol. The average Bonchev–Trinajstić information content (AvgIpc) is 2.33. The molecule has 0 amide bonds. The van der Waals surface area contributed by atoms with Crippen LogP contribution in [0.25, 0.3) is 0 Å². The highest BCUT2D eigenvalue weighted by molar-refractivity contribution is 5.72. The molecular formula is C13H18F6O3. The van der Waals surface area contributed by atoms with Gasteiger partial charge >= 0.3 is 23.9 Å². The zero-order chi connectivity index (χ0) is 17.3. The lowest BCUT2D eigenvalue weighted by Gasteiger charge is -2.44. The Morgan fingerprint density at radius 3 is 1.73 bits per heavy atom. The van der Waals surface area contributed by atoms with Crippen molar-refractivity contribution in [3.05, 3.63) is 0 Å². The van der Waals surface area contributed by atoms with Crippen LogP contribution in [-0.2, 0) is 9.53 Å². The number of aliphatic hydroxyl groups is 1. The van der Waals surface area contributed by atoms with Crippen molar-refractivity contribution in [3.63, 3.8) is 0 Å². The molecule has 0 unspecified atom stereocenters. The second-order valence-corrected chi connectivity index (χ2v) is 5.81. The Bertz CT molecular complexity index is 380. The minimum absolute atomic E-state index is 0.197. The number of ether oxygens (including phenoxy) is 1. The zero-order valence-electron chi connectivity index (χ0n) is 12.1. The number of rotatable bonds is 3. The van der Waals surface area contributed by atoms with Crippen LogP contribution in [0, 0.1) is 11.8 Å². The third-order valence-corrected chi connectivity index (χ3v) is 3.85. The summed E-state index contributed by atoms with van der Waals surface area (Å²) in [4.78, 5) is 11.5. The van der Waals surface area contributed by atoms with E-state index >= 15 is 0 Å². The summed E-state index contributed by atoms with van der Waals surface area (Å²) in [5, 5.41) is 9.30. The van der Waals surface area contributed by atoms with Gasteiger partial charge in [-0.05, 0) is 25.7 Å². The molecule has 1 fully saturated rings. The summed E-state index contributed by atoms with van der Waals surface area (Å²) in [6.07, 6.45) is -13.9. The average molecular weight is 336 g/mol. The van der Waals surface area contributed by atoms with E-state index in [-0.39, 0.29) is 12.8 Å². The first-order valence-corrected chi connectivity index (χ1v) is 6.87. The van der Waals surface area contributed by atoms with Crippen LogP contribution in [0.1, 0.15) is 39.5 Å². The fourth-order valence-corrected chi connectivity index (χ4v) is 2.58. The van der Waals surface area contributed by atoms with Gasteiger partial charge < -0.3 is 9.84 Å². The Labute approximate surface area is 123 Å². The molecule has 0 radical (unpaired) electrons. The minimum Gasteiger partial charge on any atom is -0.439 e. The number of alkyl halides is 6. The number of halogens is 6. The lowest BCUT2D eigenvalue weighted by molar-refractivity contribution is -0.389. The van der Waals surface area contributed by atoms with E-state index in [1.807, 2.05) is 0 Å². The molecular weight excluding hydrogens is 318 g/mol. The molecule has 9 heteroatoms. The summed E-state index contributed by atoms with van der Waals surface area (Å²) < 4.78 is 83.9. The molecule has 0 aromatic carbocycles. The molecule has 1 N–H and O–H groups in total. The van der Waals surface area contributed by atoms with Crippen LogP contribution < -0.4 is 0 Å². The van der Waals surface area contributed by atoms with Crippen LogP contribution in [0.15, 0.2) is 0 Å². The van der Waals surface area contributed by atoms with Crippen LogP contribution >= 0.6 is 0 Å². The highest BCUT2D eigenvalue weighted by Gasteiger charge is 2.77. The smallest absolute Gasteiger partial charge is 0.437 e. The van der Waals surface area contributed by atoms with E-state index in [1.165, 1.54) is 0 Å². The van der Waals surface area contributed by atoms with Gasteiger partial charge in [-0.25, -0.2) is 0 Å². The molecule has 0 saturated heterocycles. The van der Waals surface area contributed by atoms with Crippen molar-refractivity contribution in [2.45, 2.75) is 63.6 Å². The van der Waals surface area contributed by atoms with E-state index in [9.17, 15) is 36.2 Å². The lowest BCUT2D eigenvalue weighted by atomic mass is 9.74. The Kier molecular flexibility index (Phi) is 5.42. The molecule has 0 atom stereocenters. The highest BCUT2D eigenvalue weighted by Crippen LogP contribution is 2.54. The predicted octanol–water partition coefficient (Wildman–Crippen LogP) is 3.60. The number of carbonyl (C=O) groups is 1. The van der Waals surface area contributed by atoms with Crippen LogP contribution in [-0.4, -0.2) is 35.1 Å². The number of aliphatic hydroxyl groups excluding tert-OH is 1. The molecule has 1 rings (SSSR count). The first-order chi connectivity index (χ1) is 9.83. The first kappa shape index (κ1) is 19.1. The fraction of sp³-hybridized carbons (Fsp3) is 0.923. The van der Waals surface area contributed by atoms with Crippen LogP contribution in [0.2, 0.25) is 0 Å². The quantitative estimate of drug-likeness (QED) is 0.633. The maximum absolute atomic E-state index is 13.3. The van der Waals surface area contributed by atoms with Crippen molar-refractivity contribution in [2.75, 3.05) is 0 Å². The third-order valence-electron chi connectivity index (χ3n) is 3.85. The second kappa shape index (κ2) is 6.25. The number of carbonyl (C=O) groups excluding carboxylic acids is 1.